The van der Waals surface area contributed by atoms with Crippen molar-refractivity contribution in [1.82, 2.24) is 14.5 Å². The van der Waals surface area contributed by atoms with Gasteiger partial charge in [-0.2, -0.15) is 11.3 Å². The summed E-state index contributed by atoms with van der Waals surface area (Å²) < 4.78 is 2.91. The van der Waals surface area contributed by atoms with E-state index in [4.69, 9.17) is 5.73 Å². The number of pyridine rings is 1. The summed E-state index contributed by atoms with van der Waals surface area (Å²) in [6.07, 6.45) is 2.70. The van der Waals surface area contributed by atoms with Gasteiger partial charge in [0.15, 0.2) is 5.65 Å². The largest absolute Gasteiger partial charge is 0.369 e. The number of rotatable bonds is 3. The number of fused-ring (bicyclic) bond motifs is 1. The first-order valence-corrected chi connectivity index (χ1v) is 7.69. The molecule has 0 aromatic carbocycles. The molecule has 0 aliphatic heterocycles. The average molecular weight is 337 g/mol. The zero-order valence-corrected chi connectivity index (χ0v) is 12.8. The minimum atomic E-state index is 0.230. The fourth-order valence-electron chi connectivity index (χ4n) is 2.25. The first kappa shape index (κ1) is 12.6. The topological polar surface area (TPSA) is 56.7 Å². The van der Waals surface area contributed by atoms with Crippen LogP contribution in [0.25, 0.3) is 11.2 Å². The van der Waals surface area contributed by atoms with E-state index in [1.807, 2.05) is 10.6 Å². The number of thiophene rings is 1. The van der Waals surface area contributed by atoms with Crippen LogP contribution in [0.5, 0.6) is 0 Å². The SMILES string of the molecule is CC(Cc1ccsc1)n1c(N)nc2cc(Br)cnc21. The molecule has 19 heavy (non-hydrogen) atoms. The maximum Gasteiger partial charge on any atom is 0.202 e. The zero-order chi connectivity index (χ0) is 13.4. The summed E-state index contributed by atoms with van der Waals surface area (Å²) in [6, 6.07) is 4.31. The van der Waals surface area contributed by atoms with E-state index in [2.05, 4.69) is 49.6 Å². The van der Waals surface area contributed by atoms with Gasteiger partial charge in [-0.3, -0.25) is 4.57 Å². The molecule has 2 N–H and O–H groups in total. The van der Waals surface area contributed by atoms with Crippen LogP contribution in [-0.2, 0) is 6.42 Å². The fraction of sp³-hybridized carbons (Fsp3) is 0.231. The highest BCUT2D eigenvalue weighted by molar-refractivity contribution is 9.10. The van der Waals surface area contributed by atoms with Crippen molar-refractivity contribution in [2.24, 2.45) is 0 Å². The van der Waals surface area contributed by atoms with E-state index in [1.165, 1.54) is 5.56 Å². The fourth-order valence-corrected chi connectivity index (χ4v) is 3.25. The molecule has 0 bridgehead atoms. The molecule has 0 aliphatic rings. The van der Waals surface area contributed by atoms with Gasteiger partial charge in [0.25, 0.3) is 0 Å². The molecule has 3 heterocycles. The van der Waals surface area contributed by atoms with E-state index >= 15 is 0 Å². The van der Waals surface area contributed by atoms with E-state index in [1.54, 1.807) is 17.5 Å². The third kappa shape index (κ3) is 2.37. The summed E-state index contributed by atoms with van der Waals surface area (Å²) in [7, 11) is 0. The summed E-state index contributed by atoms with van der Waals surface area (Å²) in [6.45, 7) is 2.14. The Labute approximate surface area is 123 Å². The molecule has 3 aromatic rings. The van der Waals surface area contributed by atoms with Crippen LogP contribution in [-0.4, -0.2) is 14.5 Å². The van der Waals surface area contributed by atoms with Crippen molar-refractivity contribution >= 4 is 44.4 Å². The van der Waals surface area contributed by atoms with Gasteiger partial charge in [-0.1, -0.05) is 0 Å². The molecule has 0 fully saturated rings. The van der Waals surface area contributed by atoms with Crippen LogP contribution < -0.4 is 5.73 Å². The molecule has 0 saturated heterocycles. The molecule has 1 unspecified atom stereocenters. The lowest BCUT2D eigenvalue weighted by molar-refractivity contribution is 0.564. The minimum absolute atomic E-state index is 0.230. The number of halogens is 1. The predicted molar refractivity (Wildman–Crippen MR) is 82.4 cm³/mol. The Morgan fingerprint density at radius 3 is 3.11 bits per heavy atom. The molecule has 0 spiro atoms. The van der Waals surface area contributed by atoms with Crippen molar-refractivity contribution in [3.8, 4) is 0 Å². The molecule has 0 amide bonds. The summed E-state index contributed by atoms with van der Waals surface area (Å²) in [5.74, 6) is 0.517. The van der Waals surface area contributed by atoms with E-state index in [9.17, 15) is 0 Å². The van der Waals surface area contributed by atoms with Gasteiger partial charge < -0.3 is 5.73 Å². The van der Waals surface area contributed by atoms with Gasteiger partial charge in [-0.25, -0.2) is 9.97 Å². The van der Waals surface area contributed by atoms with Crippen molar-refractivity contribution in [2.75, 3.05) is 5.73 Å². The van der Waals surface area contributed by atoms with Crippen molar-refractivity contribution < 1.29 is 0 Å². The van der Waals surface area contributed by atoms with Gasteiger partial charge in [0, 0.05) is 16.7 Å². The Bertz CT molecular complexity index is 705. The number of hydrogen-bond donors (Lipinski definition) is 1. The first-order chi connectivity index (χ1) is 9.15. The highest BCUT2D eigenvalue weighted by Crippen LogP contribution is 2.25. The normalized spacial score (nSPS) is 12.9. The second kappa shape index (κ2) is 4.94. The van der Waals surface area contributed by atoms with Crippen molar-refractivity contribution in [3.05, 3.63) is 39.1 Å². The number of hydrogen-bond acceptors (Lipinski definition) is 4. The molecule has 0 radical (unpaired) electrons. The number of nitrogen functional groups attached to an aromatic ring is 1. The molecule has 6 heteroatoms. The van der Waals surface area contributed by atoms with Crippen LogP contribution >= 0.6 is 27.3 Å². The third-order valence-corrected chi connectivity index (χ3v) is 4.24. The third-order valence-electron chi connectivity index (χ3n) is 3.08. The van der Waals surface area contributed by atoms with E-state index in [-0.39, 0.29) is 6.04 Å². The molecule has 0 saturated carbocycles. The van der Waals surface area contributed by atoms with Crippen molar-refractivity contribution in [1.29, 1.82) is 0 Å². The summed E-state index contributed by atoms with van der Waals surface area (Å²) in [4.78, 5) is 8.80. The lowest BCUT2D eigenvalue weighted by Crippen LogP contribution is -2.11. The van der Waals surface area contributed by atoms with E-state index in [0.717, 1.165) is 22.1 Å². The van der Waals surface area contributed by atoms with Gasteiger partial charge in [-0.05, 0) is 57.7 Å². The molecule has 1 atom stereocenters. The first-order valence-electron chi connectivity index (χ1n) is 5.95. The van der Waals surface area contributed by atoms with Crippen LogP contribution in [0.2, 0.25) is 0 Å². The van der Waals surface area contributed by atoms with Gasteiger partial charge >= 0.3 is 0 Å². The minimum Gasteiger partial charge on any atom is -0.369 e. The highest BCUT2D eigenvalue weighted by atomic mass is 79.9. The van der Waals surface area contributed by atoms with Gasteiger partial charge in [-0.15, -0.1) is 0 Å². The van der Waals surface area contributed by atoms with Crippen LogP contribution in [0, 0.1) is 0 Å². The van der Waals surface area contributed by atoms with Crippen LogP contribution in [0.4, 0.5) is 5.95 Å². The molecule has 98 valence electrons. The molecule has 0 aliphatic carbocycles. The summed E-state index contributed by atoms with van der Waals surface area (Å²) >= 11 is 5.11. The van der Waals surface area contributed by atoms with E-state index < -0.39 is 0 Å². The number of aromatic nitrogens is 3. The molecule has 3 rings (SSSR count). The Balaban J connectivity index is 2.01. The smallest absolute Gasteiger partial charge is 0.202 e. The summed E-state index contributed by atoms with van der Waals surface area (Å²) in [5, 5.41) is 4.25. The maximum atomic E-state index is 6.03. The van der Waals surface area contributed by atoms with Crippen molar-refractivity contribution in [2.45, 2.75) is 19.4 Å². The lowest BCUT2D eigenvalue weighted by Gasteiger charge is -2.14. The van der Waals surface area contributed by atoms with Crippen LogP contribution in [0.15, 0.2) is 33.6 Å². The van der Waals surface area contributed by atoms with Gasteiger partial charge in [0.2, 0.25) is 5.95 Å². The van der Waals surface area contributed by atoms with Gasteiger partial charge in [0.1, 0.15) is 5.52 Å². The number of nitrogens with two attached hydrogens (primary N) is 1. The molecular weight excluding hydrogens is 324 g/mol. The Morgan fingerprint density at radius 1 is 1.53 bits per heavy atom. The Morgan fingerprint density at radius 2 is 2.37 bits per heavy atom. The van der Waals surface area contributed by atoms with E-state index in [0.29, 0.717) is 5.95 Å². The number of anilines is 1. The molecule has 4 nitrogen and oxygen atoms in total. The predicted octanol–water partition coefficient (Wildman–Crippen LogP) is 3.64. The lowest BCUT2D eigenvalue weighted by atomic mass is 10.1. The second-order valence-electron chi connectivity index (χ2n) is 4.52. The number of imidazole rings is 1. The number of nitrogens with zero attached hydrogens (tertiary/aromatic N) is 3. The Hall–Kier alpha value is -1.40. The average Bonchev–Trinajstić information content (AvgIpc) is 2.95. The quantitative estimate of drug-likeness (QED) is 0.794. The zero-order valence-electron chi connectivity index (χ0n) is 10.4. The molecule has 3 aromatic heterocycles. The van der Waals surface area contributed by atoms with Crippen LogP contribution in [0.3, 0.4) is 0 Å². The second-order valence-corrected chi connectivity index (χ2v) is 6.22. The Kier molecular flexibility index (Phi) is 3.28. The maximum absolute atomic E-state index is 6.03. The molecular formula is C13H13BrN4S. The summed E-state index contributed by atoms with van der Waals surface area (Å²) in [5.41, 5.74) is 9.01. The monoisotopic (exact) mass is 336 g/mol. The van der Waals surface area contributed by atoms with Crippen LogP contribution in [0.1, 0.15) is 18.5 Å². The van der Waals surface area contributed by atoms with Crippen molar-refractivity contribution in [3.63, 3.8) is 0 Å². The highest BCUT2D eigenvalue weighted by Gasteiger charge is 2.15. The van der Waals surface area contributed by atoms with Gasteiger partial charge in [0.05, 0.1) is 0 Å². The standard InChI is InChI=1S/C13H13BrN4S/c1-8(4-9-2-3-19-7-9)18-12-11(17-13(18)15)5-10(14)6-16-12/h2-3,5-8H,4H2,1H3,(H2,15,17).